The quantitative estimate of drug-likeness (QED) is 0.578. The molecular formula is C25H30N4O3. The number of ether oxygens (including phenoxy) is 1. The number of amides is 1. The highest BCUT2D eigenvalue weighted by molar-refractivity contribution is 6.08. The standard InChI is InChI=1S/C25H30N4O3/c1-3-32-24(31)21-22(20-11-7-8-18(2)16-20)26-25(27-23(21)30)29-14-12-28(13-15-29)17-19-9-5-4-6-10-19/h4-11,16,21-22H,3,12-15,17H2,1-2H3,(H,26,27,30)/t21-,22-/m0/s1. The molecule has 0 saturated carbocycles. The van der Waals surface area contributed by atoms with Crippen LogP contribution in [0.2, 0.25) is 0 Å². The fourth-order valence-electron chi connectivity index (χ4n) is 4.28. The van der Waals surface area contributed by atoms with Gasteiger partial charge in [0.15, 0.2) is 5.92 Å². The van der Waals surface area contributed by atoms with Gasteiger partial charge in [0.1, 0.15) is 6.04 Å². The van der Waals surface area contributed by atoms with Crippen molar-refractivity contribution in [3.8, 4) is 0 Å². The van der Waals surface area contributed by atoms with Gasteiger partial charge in [0, 0.05) is 32.7 Å². The maximum absolute atomic E-state index is 13.0. The number of hydrogen-bond donors (Lipinski definition) is 1. The molecule has 4 rings (SSSR count). The number of rotatable bonds is 5. The highest BCUT2D eigenvalue weighted by Crippen LogP contribution is 2.31. The Hall–Kier alpha value is -3.19. The smallest absolute Gasteiger partial charge is 0.321 e. The van der Waals surface area contributed by atoms with Crippen LogP contribution in [-0.4, -0.2) is 60.4 Å². The van der Waals surface area contributed by atoms with Crippen molar-refractivity contribution in [3.05, 3.63) is 71.3 Å². The number of carbonyl (C=O) groups excluding carboxylic acids is 2. The summed E-state index contributed by atoms with van der Waals surface area (Å²) in [5, 5.41) is 2.87. The topological polar surface area (TPSA) is 74.2 Å². The Bertz CT molecular complexity index is 984. The van der Waals surface area contributed by atoms with E-state index in [2.05, 4.69) is 39.4 Å². The number of guanidine groups is 1. The van der Waals surface area contributed by atoms with Crippen LogP contribution in [0.15, 0.2) is 59.6 Å². The molecule has 0 unspecified atom stereocenters. The molecule has 2 heterocycles. The summed E-state index contributed by atoms with van der Waals surface area (Å²) in [4.78, 5) is 35.0. The van der Waals surface area contributed by atoms with Gasteiger partial charge in [0.05, 0.1) is 6.61 Å². The fourth-order valence-corrected chi connectivity index (χ4v) is 4.28. The predicted molar refractivity (Wildman–Crippen MR) is 123 cm³/mol. The molecule has 0 aromatic heterocycles. The third-order valence-electron chi connectivity index (χ3n) is 5.94. The fraction of sp³-hybridized carbons (Fsp3) is 0.400. The molecule has 1 N–H and O–H groups in total. The summed E-state index contributed by atoms with van der Waals surface area (Å²) in [7, 11) is 0. The third-order valence-corrected chi connectivity index (χ3v) is 5.94. The van der Waals surface area contributed by atoms with E-state index < -0.39 is 17.9 Å². The van der Waals surface area contributed by atoms with Crippen molar-refractivity contribution in [3.63, 3.8) is 0 Å². The van der Waals surface area contributed by atoms with Gasteiger partial charge in [-0.3, -0.25) is 19.8 Å². The number of nitrogens with zero attached hydrogens (tertiary/aromatic N) is 3. The first kappa shape index (κ1) is 22.0. The Morgan fingerprint density at radius 1 is 1.09 bits per heavy atom. The van der Waals surface area contributed by atoms with E-state index in [1.807, 2.05) is 37.3 Å². The van der Waals surface area contributed by atoms with Gasteiger partial charge < -0.3 is 9.64 Å². The number of benzene rings is 2. The summed E-state index contributed by atoms with van der Waals surface area (Å²) in [6.07, 6.45) is 0. The molecule has 7 heteroatoms. The lowest BCUT2D eigenvalue weighted by atomic mass is 9.90. The number of esters is 1. The maximum Gasteiger partial charge on any atom is 0.321 e. The van der Waals surface area contributed by atoms with Gasteiger partial charge in [-0.05, 0) is 25.0 Å². The van der Waals surface area contributed by atoms with Gasteiger partial charge in [-0.25, -0.2) is 4.99 Å². The van der Waals surface area contributed by atoms with Crippen LogP contribution in [-0.2, 0) is 20.9 Å². The van der Waals surface area contributed by atoms with E-state index in [1.54, 1.807) is 6.92 Å². The third kappa shape index (κ3) is 4.99. The first-order chi connectivity index (χ1) is 15.5. The average Bonchev–Trinajstić information content (AvgIpc) is 2.80. The largest absolute Gasteiger partial charge is 0.465 e. The molecule has 0 radical (unpaired) electrons. The minimum atomic E-state index is -0.986. The SMILES string of the molecule is CCOC(=O)[C@@H]1C(=O)NC(N2CCN(Cc3ccccc3)CC2)=N[C@H]1c1cccc(C)c1. The van der Waals surface area contributed by atoms with Crippen LogP contribution >= 0.6 is 0 Å². The molecule has 2 aliphatic heterocycles. The zero-order chi connectivity index (χ0) is 22.5. The van der Waals surface area contributed by atoms with Gasteiger partial charge in [0.2, 0.25) is 11.9 Å². The van der Waals surface area contributed by atoms with E-state index in [9.17, 15) is 9.59 Å². The minimum absolute atomic E-state index is 0.225. The maximum atomic E-state index is 13.0. The number of hydrogen-bond acceptors (Lipinski definition) is 6. The molecule has 2 atom stereocenters. The number of aryl methyl sites for hydroxylation is 1. The molecule has 1 amide bonds. The normalized spacial score (nSPS) is 21.6. The first-order valence-electron chi connectivity index (χ1n) is 11.2. The van der Waals surface area contributed by atoms with Gasteiger partial charge in [0.25, 0.3) is 0 Å². The minimum Gasteiger partial charge on any atom is -0.465 e. The predicted octanol–water partition coefficient (Wildman–Crippen LogP) is 2.52. The second-order valence-electron chi connectivity index (χ2n) is 8.28. The van der Waals surface area contributed by atoms with Crippen LogP contribution in [0.4, 0.5) is 0 Å². The van der Waals surface area contributed by atoms with E-state index in [0.29, 0.717) is 5.96 Å². The van der Waals surface area contributed by atoms with Crippen molar-refractivity contribution in [1.82, 2.24) is 15.1 Å². The molecule has 7 nitrogen and oxygen atoms in total. The van der Waals surface area contributed by atoms with E-state index in [-0.39, 0.29) is 12.5 Å². The lowest BCUT2D eigenvalue weighted by molar-refractivity contribution is -0.153. The van der Waals surface area contributed by atoms with Gasteiger partial charge >= 0.3 is 5.97 Å². The zero-order valence-corrected chi connectivity index (χ0v) is 18.7. The van der Waals surface area contributed by atoms with E-state index in [1.165, 1.54) is 5.56 Å². The van der Waals surface area contributed by atoms with E-state index in [4.69, 9.17) is 9.73 Å². The van der Waals surface area contributed by atoms with Crippen LogP contribution in [0.1, 0.15) is 29.7 Å². The Balaban J connectivity index is 1.51. The van der Waals surface area contributed by atoms with Crippen LogP contribution < -0.4 is 5.32 Å². The van der Waals surface area contributed by atoms with Crippen molar-refractivity contribution in [2.45, 2.75) is 26.4 Å². The zero-order valence-electron chi connectivity index (χ0n) is 18.7. The summed E-state index contributed by atoms with van der Waals surface area (Å²) in [6.45, 7) is 8.13. The highest BCUT2D eigenvalue weighted by Gasteiger charge is 2.42. The van der Waals surface area contributed by atoms with E-state index in [0.717, 1.165) is 43.9 Å². The van der Waals surface area contributed by atoms with Crippen LogP contribution in [0.5, 0.6) is 0 Å². The molecule has 168 valence electrons. The number of nitrogens with one attached hydrogen (secondary N) is 1. The Morgan fingerprint density at radius 2 is 1.84 bits per heavy atom. The Labute approximate surface area is 189 Å². The van der Waals surface area contributed by atoms with Crippen LogP contribution in [0, 0.1) is 12.8 Å². The summed E-state index contributed by atoms with van der Waals surface area (Å²) in [5.41, 5.74) is 3.20. The molecule has 0 aliphatic carbocycles. The van der Waals surface area contributed by atoms with Crippen molar-refractivity contribution >= 4 is 17.8 Å². The number of aliphatic imine (C=N–C) groups is 1. The van der Waals surface area contributed by atoms with Crippen molar-refractivity contribution in [2.24, 2.45) is 10.9 Å². The molecule has 2 aliphatic rings. The number of piperazine rings is 1. The Morgan fingerprint density at radius 3 is 2.53 bits per heavy atom. The highest BCUT2D eigenvalue weighted by atomic mass is 16.5. The van der Waals surface area contributed by atoms with Gasteiger partial charge in [-0.15, -0.1) is 0 Å². The van der Waals surface area contributed by atoms with Crippen molar-refractivity contribution in [1.29, 1.82) is 0 Å². The number of carbonyl (C=O) groups is 2. The summed E-state index contributed by atoms with van der Waals surface area (Å²) < 4.78 is 5.20. The molecule has 1 fully saturated rings. The second kappa shape index (κ2) is 9.96. The van der Waals surface area contributed by atoms with E-state index >= 15 is 0 Å². The molecule has 0 bridgehead atoms. The second-order valence-corrected chi connectivity index (χ2v) is 8.28. The Kier molecular flexibility index (Phi) is 6.85. The molecule has 1 saturated heterocycles. The lowest BCUT2D eigenvalue weighted by Gasteiger charge is -2.39. The summed E-state index contributed by atoms with van der Waals surface area (Å²) in [6, 6.07) is 17.6. The van der Waals surface area contributed by atoms with Crippen LogP contribution in [0.25, 0.3) is 0 Å². The first-order valence-corrected chi connectivity index (χ1v) is 11.2. The monoisotopic (exact) mass is 434 g/mol. The van der Waals surface area contributed by atoms with Gasteiger partial charge in [-0.1, -0.05) is 60.2 Å². The van der Waals surface area contributed by atoms with Crippen molar-refractivity contribution in [2.75, 3.05) is 32.8 Å². The molecule has 0 spiro atoms. The molecule has 2 aromatic rings. The molecule has 2 aromatic carbocycles. The summed E-state index contributed by atoms with van der Waals surface area (Å²) >= 11 is 0. The van der Waals surface area contributed by atoms with Gasteiger partial charge in [-0.2, -0.15) is 0 Å². The lowest BCUT2D eigenvalue weighted by Crippen LogP contribution is -2.57. The summed E-state index contributed by atoms with van der Waals surface area (Å²) in [5.74, 6) is -1.33. The molecule has 32 heavy (non-hydrogen) atoms. The van der Waals surface area contributed by atoms with Crippen molar-refractivity contribution < 1.29 is 14.3 Å². The van der Waals surface area contributed by atoms with Crippen LogP contribution in [0.3, 0.4) is 0 Å². The average molecular weight is 435 g/mol. The molecular weight excluding hydrogens is 404 g/mol.